The highest BCUT2D eigenvalue weighted by atomic mass is 35.5. The second kappa shape index (κ2) is 6.15. The third-order valence-corrected chi connectivity index (χ3v) is 4.18. The summed E-state index contributed by atoms with van der Waals surface area (Å²) in [7, 11) is 4.09. The van der Waals surface area contributed by atoms with Gasteiger partial charge in [-0.3, -0.25) is 4.79 Å². The van der Waals surface area contributed by atoms with Gasteiger partial charge in [0.05, 0.1) is 5.41 Å². The molecule has 1 amide bonds. The molecule has 2 rings (SSSR count). The van der Waals surface area contributed by atoms with E-state index in [1.54, 1.807) is 0 Å². The smallest absolute Gasteiger partial charge is 0.230 e. The molecule has 1 N–H and O–H groups in total. The van der Waals surface area contributed by atoms with Gasteiger partial charge < -0.3 is 10.2 Å². The van der Waals surface area contributed by atoms with Crippen molar-refractivity contribution in [3.05, 3.63) is 34.9 Å². The molecule has 1 aliphatic rings. The minimum Gasteiger partial charge on any atom is -0.353 e. The minimum atomic E-state index is -0.336. The summed E-state index contributed by atoms with van der Waals surface area (Å²) < 4.78 is 0. The van der Waals surface area contributed by atoms with Crippen LogP contribution >= 0.6 is 11.6 Å². The molecule has 1 aromatic carbocycles. The molecule has 0 spiro atoms. The maximum absolute atomic E-state index is 12.5. The number of nitrogens with zero attached hydrogens (tertiary/aromatic N) is 1. The zero-order valence-corrected chi connectivity index (χ0v) is 13.2. The second-order valence-electron chi connectivity index (χ2n) is 6.06. The van der Waals surface area contributed by atoms with E-state index >= 15 is 0 Å². The molecule has 110 valence electrons. The largest absolute Gasteiger partial charge is 0.353 e. The summed E-state index contributed by atoms with van der Waals surface area (Å²) in [5.41, 5.74) is 0.708. The first-order chi connectivity index (χ1) is 9.44. The van der Waals surface area contributed by atoms with E-state index < -0.39 is 0 Å². The fraction of sp³-hybridized carbons (Fsp3) is 0.562. The van der Waals surface area contributed by atoms with Gasteiger partial charge in [0.25, 0.3) is 0 Å². The number of carbonyl (C=O) groups is 1. The molecular formula is C16H23ClN2O. The first-order valence-electron chi connectivity index (χ1n) is 7.16. The number of hydrogen-bond donors (Lipinski definition) is 1. The van der Waals surface area contributed by atoms with E-state index in [-0.39, 0.29) is 17.4 Å². The van der Waals surface area contributed by atoms with E-state index in [0.29, 0.717) is 5.02 Å². The molecule has 3 nitrogen and oxygen atoms in total. The van der Waals surface area contributed by atoms with E-state index in [1.165, 1.54) is 0 Å². The topological polar surface area (TPSA) is 32.3 Å². The lowest BCUT2D eigenvalue weighted by Crippen LogP contribution is -2.41. The predicted molar refractivity (Wildman–Crippen MR) is 83.1 cm³/mol. The molecule has 0 radical (unpaired) electrons. The van der Waals surface area contributed by atoms with Crippen molar-refractivity contribution >= 4 is 17.5 Å². The van der Waals surface area contributed by atoms with Gasteiger partial charge in [-0.15, -0.1) is 0 Å². The van der Waals surface area contributed by atoms with Crippen molar-refractivity contribution in [1.82, 2.24) is 10.2 Å². The van der Waals surface area contributed by atoms with Crippen molar-refractivity contribution in [3.8, 4) is 0 Å². The summed E-state index contributed by atoms with van der Waals surface area (Å²) in [6, 6.07) is 7.88. The van der Waals surface area contributed by atoms with Gasteiger partial charge in [-0.05, 0) is 64.5 Å². The van der Waals surface area contributed by atoms with Crippen LogP contribution in [-0.2, 0) is 10.2 Å². The molecule has 0 aromatic heterocycles. The Bertz CT molecular complexity index is 483. The number of halogens is 1. The van der Waals surface area contributed by atoms with Crippen molar-refractivity contribution in [2.45, 2.75) is 37.6 Å². The molecule has 1 aliphatic carbocycles. The lowest BCUT2D eigenvalue weighted by molar-refractivity contribution is -0.124. The number of hydrogen-bond acceptors (Lipinski definition) is 2. The highest BCUT2D eigenvalue weighted by molar-refractivity contribution is 6.30. The van der Waals surface area contributed by atoms with Crippen molar-refractivity contribution in [3.63, 3.8) is 0 Å². The van der Waals surface area contributed by atoms with Crippen LogP contribution in [0.3, 0.4) is 0 Å². The third kappa shape index (κ3) is 3.53. The fourth-order valence-electron chi connectivity index (χ4n) is 2.44. The van der Waals surface area contributed by atoms with Crippen LogP contribution in [0.15, 0.2) is 24.3 Å². The molecule has 1 saturated carbocycles. The molecule has 0 aliphatic heterocycles. The number of carbonyl (C=O) groups excluding carboxylic acids is 1. The average molecular weight is 295 g/mol. The van der Waals surface area contributed by atoms with Crippen LogP contribution in [0.25, 0.3) is 0 Å². The Hall–Kier alpha value is -1.06. The Morgan fingerprint density at radius 1 is 1.45 bits per heavy atom. The maximum atomic E-state index is 12.5. The summed E-state index contributed by atoms with van der Waals surface area (Å²) in [6.07, 6.45) is 2.80. The van der Waals surface area contributed by atoms with E-state index in [0.717, 1.165) is 31.4 Å². The quantitative estimate of drug-likeness (QED) is 0.875. The summed E-state index contributed by atoms with van der Waals surface area (Å²) in [6.45, 7) is 3.04. The van der Waals surface area contributed by atoms with Crippen LogP contribution < -0.4 is 5.32 Å². The van der Waals surface area contributed by atoms with Gasteiger partial charge in [-0.2, -0.15) is 0 Å². The Balaban J connectivity index is 1.98. The van der Waals surface area contributed by atoms with Crippen molar-refractivity contribution in [2.24, 2.45) is 0 Å². The molecule has 1 atom stereocenters. The molecule has 1 aromatic rings. The Morgan fingerprint density at radius 3 is 2.70 bits per heavy atom. The molecular weight excluding hydrogens is 272 g/mol. The Labute approximate surface area is 126 Å². The van der Waals surface area contributed by atoms with Crippen LogP contribution in [-0.4, -0.2) is 37.5 Å². The van der Waals surface area contributed by atoms with Gasteiger partial charge in [0.2, 0.25) is 5.91 Å². The van der Waals surface area contributed by atoms with Gasteiger partial charge in [-0.1, -0.05) is 23.7 Å². The van der Waals surface area contributed by atoms with Crippen LogP contribution in [0.2, 0.25) is 5.02 Å². The summed E-state index contributed by atoms with van der Waals surface area (Å²) in [5, 5.41) is 3.84. The molecule has 0 heterocycles. The zero-order chi connectivity index (χ0) is 14.8. The Kier molecular flexibility index (Phi) is 4.71. The predicted octanol–water partition coefficient (Wildman–Crippen LogP) is 2.83. The number of nitrogens with one attached hydrogen (secondary N) is 1. The monoisotopic (exact) mass is 294 g/mol. The average Bonchev–Trinajstić information content (AvgIpc) is 3.18. The second-order valence-corrected chi connectivity index (χ2v) is 6.50. The maximum Gasteiger partial charge on any atom is 0.230 e. The van der Waals surface area contributed by atoms with E-state index in [2.05, 4.69) is 17.1 Å². The normalized spacial score (nSPS) is 17.9. The van der Waals surface area contributed by atoms with Crippen molar-refractivity contribution in [1.29, 1.82) is 0 Å². The molecule has 20 heavy (non-hydrogen) atoms. The van der Waals surface area contributed by atoms with E-state index in [1.807, 2.05) is 38.4 Å². The summed E-state index contributed by atoms with van der Waals surface area (Å²) in [5.74, 6) is 0.144. The summed E-state index contributed by atoms with van der Waals surface area (Å²) in [4.78, 5) is 14.7. The van der Waals surface area contributed by atoms with Gasteiger partial charge in [0.15, 0.2) is 0 Å². The van der Waals surface area contributed by atoms with Gasteiger partial charge in [0, 0.05) is 11.1 Å². The van der Waals surface area contributed by atoms with Crippen LogP contribution in [0.5, 0.6) is 0 Å². The van der Waals surface area contributed by atoms with E-state index in [4.69, 9.17) is 11.6 Å². The zero-order valence-electron chi connectivity index (χ0n) is 12.4. The van der Waals surface area contributed by atoms with Gasteiger partial charge >= 0.3 is 0 Å². The van der Waals surface area contributed by atoms with Crippen LogP contribution in [0.4, 0.5) is 0 Å². The molecule has 0 unspecified atom stereocenters. The molecule has 1 fully saturated rings. The third-order valence-electron chi connectivity index (χ3n) is 3.95. The van der Waals surface area contributed by atoms with Crippen LogP contribution in [0, 0.1) is 0 Å². The highest BCUT2D eigenvalue weighted by Crippen LogP contribution is 2.48. The van der Waals surface area contributed by atoms with E-state index in [9.17, 15) is 4.79 Å². The lowest BCUT2D eigenvalue weighted by atomic mass is 9.94. The van der Waals surface area contributed by atoms with Gasteiger partial charge in [0.1, 0.15) is 0 Å². The Morgan fingerprint density at radius 2 is 2.15 bits per heavy atom. The highest BCUT2D eigenvalue weighted by Gasteiger charge is 2.51. The first kappa shape index (κ1) is 15.3. The number of benzene rings is 1. The van der Waals surface area contributed by atoms with Crippen LogP contribution in [0.1, 0.15) is 31.7 Å². The lowest BCUT2D eigenvalue weighted by Gasteiger charge is -2.21. The van der Waals surface area contributed by atoms with Crippen molar-refractivity contribution < 1.29 is 4.79 Å². The molecule has 0 saturated heterocycles. The van der Waals surface area contributed by atoms with Crippen molar-refractivity contribution in [2.75, 3.05) is 20.6 Å². The standard InChI is InChI=1S/C16H23ClN2O/c1-12(7-10-19(2)3)18-15(20)16(8-9-16)13-5-4-6-14(17)11-13/h4-6,11-12H,7-10H2,1-3H3,(H,18,20)/t12-/m0/s1. The number of amides is 1. The number of rotatable bonds is 6. The SMILES string of the molecule is C[C@@H](CCN(C)C)NC(=O)C1(c2cccc(Cl)c2)CC1. The minimum absolute atomic E-state index is 0.144. The molecule has 4 heteroatoms. The molecule has 0 bridgehead atoms. The van der Waals surface area contributed by atoms with Gasteiger partial charge in [-0.25, -0.2) is 0 Å². The first-order valence-corrected chi connectivity index (χ1v) is 7.53. The summed E-state index contributed by atoms with van der Waals surface area (Å²) >= 11 is 6.04. The fourth-order valence-corrected chi connectivity index (χ4v) is 2.63.